The van der Waals surface area contributed by atoms with Crippen LogP contribution in [0.3, 0.4) is 0 Å². The van der Waals surface area contributed by atoms with Gasteiger partial charge in [-0.05, 0) is 23.8 Å². The number of halogens is 1. The summed E-state index contributed by atoms with van der Waals surface area (Å²) in [6.45, 7) is 0. The lowest BCUT2D eigenvalue weighted by Crippen LogP contribution is -2.24. The largest absolute Gasteiger partial charge is 0.495 e. The van der Waals surface area contributed by atoms with E-state index in [9.17, 15) is 0 Å². The third-order valence-electron chi connectivity index (χ3n) is 3.60. The first-order valence-electron chi connectivity index (χ1n) is 6.53. The zero-order chi connectivity index (χ0) is 14.1. The molecule has 3 rings (SSSR count). The summed E-state index contributed by atoms with van der Waals surface area (Å²) in [5, 5.41) is 0.584. The molecule has 1 heterocycles. The van der Waals surface area contributed by atoms with Crippen LogP contribution in [-0.4, -0.2) is 7.11 Å². The number of para-hydroxylation sites is 1. The summed E-state index contributed by atoms with van der Waals surface area (Å²) in [4.78, 5) is 0. The number of hydrogen-bond donors (Lipinski definition) is 1. The minimum Gasteiger partial charge on any atom is -0.495 e. The van der Waals surface area contributed by atoms with Crippen LogP contribution < -0.4 is 15.2 Å². The van der Waals surface area contributed by atoms with E-state index in [0.29, 0.717) is 10.8 Å². The third kappa shape index (κ3) is 2.35. The molecule has 0 aromatic heterocycles. The van der Waals surface area contributed by atoms with Crippen molar-refractivity contribution in [1.29, 1.82) is 0 Å². The van der Waals surface area contributed by atoms with E-state index in [2.05, 4.69) is 0 Å². The predicted octanol–water partition coefficient (Wildman–Crippen LogP) is 3.87. The van der Waals surface area contributed by atoms with Crippen molar-refractivity contribution in [1.82, 2.24) is 0 Å². The molecule has 2 unspecified atom stereocenters. The van der Waals surface area contributed by atoms with Crippen molar-refractivity contribution in [2.24, 2.45) is 5.73 Å². The molecule has 4 heteroatoms. The van der Waals surface area contributed by atoms with Gasteiger partial charge in [-0.2, -0.15) is 0 Å². The third-order valence-corrected chi connectivity index (χ3v) is 3.90. The number of ether oxygens (including phenoxy) is 2. The first-order chi connectivity index (χ1) is 9.69. The van der Waals surface area contributed by atoms with E-state index < -0.39 is 0 Å². The van der Waals surface area contributed by atoms with Gasteiger partial charge in [0.15, 0.2) is 0 Å². The van der Waals surface area contributed by atoms with Gasteiger partial charge in [0.2, 0.25) is 0 Å². The summed E-state index contributed by atoms with van der Waals surface area (Å²) in [6.07, 6.45) is 0.656. The van der Waals surface area contributed by atoms with Crippen LogP contribution in [0.2, 0.25) is 5.02 Å². The molecule has 20 heavy (non-hydrogen) atoms. The summed E-state index contributed by atoms with van der Waals surface area (Å²) in [7, 11) is 1.60. The Morgan fingerprint density at radius 2 is 2.05 bits per heavy atom. The molecule has 2 aromatic rings. The molecule has 1 aliphatic heterocycles. The molecular formula is C16H16ClNO2. The van der Waals surface area contributed by atoms with Crippen molar-refractivity contribution in [3.8, 4) is 11.5 Å². The Balaban J connectivity index is 1.91. The van der Waals surface area contributed by atoms with Crippen LogP contribution >= 0.6 is 11.6 Å². The summed E-state index contributed by atoms with van der Waals surface area (Å²) < 4.78 is 11.2. The summed E-state index contributed by atoms with van der Waals surface area (Å²) in [5.74, 6) is 1.51. The molecule has 0 amide bonds. The molecule has 104 valence electrons. The normalized spacial score (nSPS) is 20.9. The second-order valence-corrected chi connectivity index (χ2v) is 5.29. The Labute approximate surface area is 123 Å². The maximum Gasteiger partial charge on any atom is 0.137 e. The first kappa shape index (κ1) is 13.3. The molecule has 0 spiro atoms. The van der Waals surface area contributed by atoms with E-state index in [-0.39, 0.29) is 12.1 Å². The fourth-order valence-corrected chi connectivity index (χ4v) is 2.81. The van der Waals surface area contributed by atoms with Gasteiger partial charge in [0.25, 0.3) is 0 Å². The Kier molecular flexibility index (Phi) is 3.55. The molecular weight excluding hydrogens is 274 g/mol. The summed E-state index contributed by atoms with van der Waals surface area (Å²) in [5.41, 5.74) is 8.30. The zero-order valence-electron chi connectivity index (χ0n) is 11.2. The number of benzene rings is 2. The highest BCUT2D eigenvalue weighted by Crippen LogP contribution is 2.40. The molecule has 0 saturated carbocycles. The molecule has 0 bridgehead atoms. The second kappa shape index (κ2) is 5.35. The molecule has 2 N–H and O–H groups in total. The van der Waals surface area contributed by atoms with Crippen molar-refractivity contribution in [3.05, 3.63) is 58.6 Å². The first-order valence-corrected chi connectivity index (χ1v) is 6.91. The molecule has 0 aliphatic carbocycles. The van der Waals surface area contributed by atoms with Gasteiger partial charge in [-0.3, -0.25) is 0 Å². The molecule has 0 radical (unpaired) electrons. The number of nitrogens with two attached hydrogens (primary N) is 1. The zero-order valence-corrected chi connectivity index (χ0v) is 11.9. The lowest BCUT2D eigenvalue weighted by molar-refractivity contribution is 0.161. The molecule has 3 nitrogen and oxygen atoms in total. The van der Waals surface area contributed by atoms with Crippen molar-refractivity contribution in [2.75, 3.05) is 7.11 Å². The highest BCUT2D eigenvalue weighted by molar-refractivity contribution is 6.32. The van der Waals surface area contributed by atoms with Gasteiger partial charge in [0.05, 0.1) is 12.1 Å². The van der Waals surface area contributed by atoms with Crippen molar-refractivity contribution in [2.45, 2.75) is 18.6 Å². The van der Waals surface area contributed by atoms with E-state index in [4.69, 9.17) is 26.8 Å². The van der Waals surface area contributed by atoms with Crippen LogP contribution in [0.25, 0.3) is 0 Å². The lowest BCUT2D eigenvalue weighted by Gasteiger charge is -2.30. The highest BCUT2D eigenvalue weighted by atomic mass is 35.5. The van der Waals surface area contributed by atoms with Gasteiger partial charge in [0.1, 0.15) is 17.6 Å². The average Bonchev–Trinajstić information content (AvgIpc) is 2.47. The van der Waals surface area contributed by atoms with Gasteiger partial charge in [0, 0.05) is 18.0 Å². The van der Waals surface area contributed by atoms with E-state index in [0.717, 1.165) is 23.3 Å². The van der Waals surface area contributed by atoms with Crippen LogP contribution in [0, 0.1) is 0 Å². The number of fused-ring (bicyclic) bond motifs is 1. The number of hydrogen-bond acceptors (Lipinski definition) is 3. The Bertz CT molecular complexity index is 630. The smallest absolute Gasteiger partial charge is 0.137 e. The maximum absolute atomic E-state index is 6.23. The van der Waals surface area contributed by atoms with Crippen LogP contribution in [0.4, 0.5) is 0 Å². The molecule has 2 aromatic carbocycles. The molecule has 0 fully saturated rings. The monoisotopic (exact) mass is 289 g/mol. The van der Waals surface area contributed by atoms with Crippen molar-refractivity contribution >= 4 is 11.6 Å². The standard InChI is InChI=1S/C16H16ClNO2/c1-19-15-7-6-10(8-12(15)17)16-9-13(18)11-4-2-3-5-14(11)20-16/h2-8,13,16H,9,18H2,1H3. The van der Waals surface area contributed by atoms with Gasteiger partial charge in [-0.1, -0.05) is 35.9 Å². The van der Waals surface area contributed by atoms with E-state index in [1.54, 1.807) is 7.11 Å². The molecule has 2 atom stereocenters. The van der Waals surface area contributed by atoms with Crippen LogP contribution in [0.1, 0.15) is 29.7 Å². The Hall–Kier alpha value is -1.71. The van der Waals surface area contributed by atoms with E-state index in [1.807, 2.05) is 42.5 Å². The second-order valence-electron chi connectivity index (χ2n) is 4.88. The van der Waals surface area contributed by atoms with Gasteiger partial charge in [-0.25, -0.2) is 0 Å². The van der Waals surface area contributed by atoms with Crippen LogP contribution in [0.15, 0.2) is 42.5 Å². The van der Waals surface area contributed by atoms with Gasteiger partial charge in [-0.15, -0.1) is 0 Å². The molecule has 0 saturated heterocycles. The Morgan fingerprint density at radius 3 is 2.80 bits per heavy atom. The highest BCUT2D eigenvalue weighted by Gasteiger charge is 2.27. The van der Waals surface area contributed by atoms with E-state index >= 15 is 0 Å². The number of methoxy groups -OCH3 is 1. The SMILES string of the molecule is COc1ccc(C2CC(N)c3ccccc3O2)cc1Cl. The van der Waals surface area contributed by atoms with Crippen molar-refractivity contribution in [3.63, 3.8) is 0 Å². The number of rotatable bonds is 2. The minimum atomic E-state index is -0.0803. The van der Waals surface area contributed by atoms with Crippen LogP contribution in [-0.2, 0) is 0 Å². The summed E-state index contributed by atoms with van der Waals surface area (Å²) >= 11 is 6.17. The minimum absolute atomic E-state index is 0.0224. The van der Waals surface area contributed by atoms with Gasteiger partial charge >= 0.3 is 0 Å². The maximum atomic E-state index is 6.23. The van der Waals surface area contributed by atoms with Crippen molar-refractivity contribution < 1.29 is 9.47 Å². The lowest BCUT2D eigenvalue weighted by atomic mass is 9.93. The van der Waals surface area contributed by atoms with E-state index in [1.165, 1.54) is 0 Å². The predicted molar refractivity (Wildman–Crippen MR) is 79.4 cm³/mol. The Morgan fingerprint density at radius 1 is 1.25 bits per heavy atom. The quantitative estimate of drug-likeness (QED) is 0.913. The van der Waals surface area contributed by atoms with Crippen LogP contribution in [0.5, 0.6) is 11.5 Å². The molecule has 1 aliphatic rings. The fraction of sp³-hybridized carbons (Fsp3) is 0.250. The fourth-order valence-electron chi connectivity index (χ4n) is 2.54. The summed E-state index contributed by atoms with van der Waals surface area (Å²) in [6, 6.07) is 13.6. The average molecular weight is 290 g/mol. The topological polar surface area (TPSA) is 44.5 Å². The van der Waals surface area contributed by atoms with Gasteiger partial charge < -0.3 is 15.2 Å².